The van der Waals surface area contributed by atoms with Crippen LogP contribution in [0.4, 0.5) is 0 Å². The normalized spacial score (nSPS) is 12.4. The van der Waals surface area contributed by atoms with Crippen molar-refractivity contribution in [2.45, 2.75) is 19.9 Å². The lowest BCUT2D eigenvalue weighted by Crippen LogP contribution is -2.31. The number of amides is 1. The SMILES string of the molecule is CC(C)C(NC(=O)c1ccc(Br)c(O)c1)c1cccs1. The highest BCUT2D eigenvalue weighted by atomic mass is 79.9. The predicted octanol–water partition coefficient (Wildman–Crippen LogP) is 4.34. The van der Waals surface area contributed by atoms with Crippen molar-refractivity contribution in [3.63, 3.8) is 0 Å². The molecule has 0 radical (unpaired) electrons. The smallest absolute Gasteiger partial charge is 0.251 e. The Morgan fingerprint density at radius 3 is 2.65 bits per heavy atom. The van der Waals surface area contributed by atoms with Gasteiger partial charge in [0.25, 0.3) is 5.91 Å². The number of carbonyl (C=O) groups excluding carboxylic acids is 1. The van der Waals surface area contributed by atoms with Crippen LogP contribution in [0.25, 0.3) is 0 Å². The molecular formula is C15H16BrNO2S. The second-order valence-corrected chi connectivity index (χ2v) is 6.71. The number of rotatable bonds is 4. The van der Waals surface area contributed by atoms with Crippen LogP contribution in [0, 0.1) is 5.92 Å². The number of thiophene rings is 1. The zero-order chi connectivity index (χ0) is 14.7. The quantitative estimate of drug-likeness (QED) is 0.858. The van der Waals surface area contributed by atoms with Gasteiger partial charge in [-0.15, -0.1) is 11.3 Å². The van der Waals surface area contributed by atoms with Crippen LogP contribution < -0.4 is 5.32 Å². The van der Waals surface area contributed by atoms with Gasteiger partial charge in [-0.1, -0.05) is 19.9 Å². The molecule has 0 saturated carbocycles. The van der Waals surface area contributed by atoms with E-state index < -0.39 is 0 Å². The first-order valence-corrected chi connectivity index (χ1v) is 7.99. The molecule has 0 fully saturated rings. The number of nitrogens with one attached hydrogen (secondary N) is 1. The van der Waals surface area contributed by atoms with Crippen LogP contribution in [-0.4, -0.2) is 11.0 Å². The monoisotopic (exact) mass is 353 g/mol. The number of carbonyl (C=O) groups is 1. The van der Waals surface area contributed by atoms with E-state index in [1.807, 2.05) is 17.5 Å². The fraction of sp³-hybridized carbons (Fsp3) is 0.267. The summed E-state index contributed by atoms with van der Waals surface area (Å²) in [6, 6.07) is 8.80. The minimum atomic E-state index is -0.181. The van der Waals surface area contributed by atoms with Gasteiger partial charge in [0, 0.05) is 10.4 Å². The Morgan fingerprint density at radius 1 is 1.35 bits per heavy atom. The molecule has 0 aliphatic heterocycles. The maximum Gasteiger partial charge on any atom is 0.251 e. The molecule has 1 amide bonds. The minimum absolute atomic E-state index is 0.0201. The average molecular weight is 354 g/mol. The maximum atomic E-state index is 12.3. The van der Waals surface area contributed by atoms with Crippen molar-refractivity contribution < 1.29 is 9.90 Å². The molecule has 0 aliphatic rings. The van der Waals surface area contributed by atoms with Crippen LogP contribution in [-0.2, 0) is 0 Å². The van der Waals surface area contributed by atoms with Crippen molar-refractivity contribution in [3.8, 4) is 5.75 Å². The Labute approximate surface area is 130 Å². The van der Waals surface area contributed by atoms with Gasteiger partial charge in [0.05, 0.1) is 10.5 Å². The topological polar surface area (TPSA) is 49.3 Å². The Hall–Kier alpha value is -1.33. The second kappa shape index (κ2) is 6.41. The molecule has 2 aromatic rings. The van der Waals surface area contributed by atoms with Crippen LogP contribution in [0.5, 0.6) is 5.75 Å². The molecule has 0 aliphatic carbocycles. The fourth-order valence-corrected chi connectivity index (χ4v) is 3.11. The van der Waals surface area contributed by atoms with E-state index in [2.05, 4.69) is 35.1 Å². The first kappa shape index (κ1) is 15.1. The van der Waals surface area contributed by atoms with E-state index in [4.69, 9.17) is 0 Å². The molecule has 3 nitrogen and oxygen atoms in total. The van der Waals surface area contributed by atoms with Gasteiger partial charge in [0.15, 0.2) is 0 Å². The van der Waals surface area contributed by atoms with Crippen molar-refractivity contribution in [3.05, 3.63) is 50.6 Å². The molecule has 20 heavy (non-hydrogen) atoms. The molecule has 2 N–H and O–H groups in total. The Balaban J connectivity index is 2.18. The molecule has 1 aromatic heterocycles. The summed E-state index contributed by atoms with van der Waals surface area (Å²) in [6.45, 7) is 4.15. The first-order valence-electron chi connectivity index (χ1n) is 6.32. The Kier molecular flexibility index (Phi) is 4.83. The summed E-state index contributed by atoms with van der Waals surface area (Å²) in [5, 5.41) is 14.7. The highest BCUT2D eigenvalue weighted by molar-refractivity contribution is 9.10. The highest BCUT2D eigenvalue weighted by Gasteiger charge is 2.20. The van der Waals surface area contributed by atoms with Crippen molar-refractivity contribution in [1.29, 1.82) is 0 Å². The zero-order valence-electron chi connectivity index (χ0n) is 11.3. The molecule has 1 heterocycles. The zero-order valence-corrected chi connectivity index (χ0v) is 13.7. The summed E-state index contributed by atoms with van der Waals surface area (Å²) in [7, 11) is 0. The lowest BCUT2D eigenvalue weighted by molar-refractivity contribution is 0.0926. The van der Waals surface area contributed by atoms with Crippen LogP contribution >= 0.6 is 27.3 Å². The number of halogens is 1. The third-order valence-corrected chi connectivity index (χ3v) is 4.64. The molecule has 0 spiro atoms. The lowest BCUT2D eigenvalue weighted by Gasteiger charge is -2.21. The largest absolute Gasteiger partial charge is 0.507 e. The van der Waals surface area contributed by atoms with E-state index in [0.29, 0.717) is 16.0 Å². The van der Waals surface area contributed by atoms with Crippen molar-refractivity contribution in [1.82, 2.24) is 5.32 Å². The number of benzene rings is 1. The molecule has 106 valence electrons. The number of phenols is 1. The second-order valence-electron chi connectivity index (χ2n) is 4.88. The van der Waals surface area contributed by atoms with Crippen molar-refractivity contribution >= 4 is 33.2 Å². The van der Waals surface area contributed by atoms with Crippen molar-refractivity contribution in [2.24, 2.45) is 5.92 Å². The standard InChI is InChI=1S/C15H16BrNO2S/c1-9(2)14(13-4-3-7-20-13)17-15(19)10-5-6-11(16)12(18)8-10/h3-9,14,18H,1-2H3,(H,17,19). The van der Waals surface area contributed by atoms with Gasteiger partial charge < -0.3 is 10.4 Å². The minimum Gasteiger partial charge on any atom is -0.507 e. The molecular weight excluding hydrogens is 338 g/mol. The Morgan fingerprint density at radius 2 is 2.10 bits per heavy atom. The summed E-state index contributed by atoms with van der Waals surface area (Å²) in [4.78, 5) is 13.4. The van der Waals surface area contributed by atoms with Gasteiger partial charge in [0.2, 0.25) is 0 Å². The summed E-state index contributed by atoms with van der Waals surface area (Å²) < 4.78 is 0.577. The van der Waals surface area contributed by atoms with Crippen molar-refractivity contribution in [2.75, 3.05) is 0 Å². The predicted molar refractivity (Wildman–Crippen MR) is 85.2 cm³/mol. The Bertz CT molecular complexity index is 596. The van der Waals surface area contributed by atoms with Gasteiger partial charge >= 0.3 is 0 Å². The van der Waals surface area contributed by atoms with Crippen LogP contribution in [0.1, 0.15) is 35.1 Å². The van der Waals surface area contributed by atoms with Gasteiger partial charge in [-0.2, -0.15) is 0 Å². The van der Waals surface area contributed by atoms with Gasteiger partial charge in [-0.25, -0.2) is 0 Å². The van der Waals surface area contributed by atoms with E-state index in [1.165, 1.54) is 6.07 Å². The summed E-state index contributed by atoms with van der Waals surface area (Å²) in [5.74, 6) is 0.177. The number of phenolic OH excluding ortho intramolecular Hbond substituents is 1. The van der Waals surface area contributed by atoms with Crippen LogP contribution in [0.15, 0.2) is 40.2 Å². The van der Waals surface area contributed by atoms with E-state index in [-0.39, 0.29) is 17.7 Å². The molecule has 0 bridgehead atoms. The van der Waals surface area contributed by atoms with E-state index in [1.54, 1.807) is 23.5 Å². The van der Waals surface area contributed by atoms with Crippen LogP contribution in [0.2, 0.25) is 0 Å². The number of aromatic hydroxyl groups is 1. The highest BCUT2D eigenvalue weighted by Crippen LogP contribution is 2.27. The fourth-order valence-electron chi connectivity index (χ4n) is 1.91. The summed E-state index contributed by atoms with van der Waals surface area (Å²) in [6.07, 6.45) is 0. The number of hydrogen-bond acceptors (Lipinski definition) is 3. The third kappa shape index (κ3) is 3.41. The maximum absolute atomic E-state index is 12.3. The molecule has 1 atom stereocenters. The van der Waals surface area contributed by atoms with E-state index in [0.717, 1.165) is 4.88 Å². The summed E-state index contributed by atoms with van der Waals surface area (Å²) >= 11 is 4.83. The first-order chi connectivity index (χ1) is 9.49. The molecule has 0 saturated heterocycles. The van der Waals surface area contributed by atoms with Gasteiger partial charge in [-0.3, -0.25) is 4.79 Å². The summed E-state index contributed by atoms with van der Waals surface area (Å²) in [5.41, 5.74) is 0.452. The third-order valence-electron chi connectivity index (χ3n) is 3.01. The van der Waals surface area contributed by atoms with E-state index >= 15 is 0 Å². The molecule has 5 heteroatoms. The number of hydrogen-bond donors (Lipinski definition) is 2. The van der Waals surface area contributed by atoms with Crippen LogP contribution in [0.3, 0.4) is 0 Å². The van der Waals surface area contributed by atoms with Gasteiger partial charge in [-0.05, 0) is 51.5 Å². The van der Waals surface area contributed by atoms with Gasteiger partial charge in [0.1, 0.15) is 5.75 Å². The molecule has 1 aromatic carbocycles. The molecule has 1 unspecified atom stereocenters. The lowest BCUT2D eigenvalue weighted by atomic mass is 10.0. The molecule has 2 rings (SSSR count). The van der Waals surface area contributed by atoms with E-state index in [9.17, 15) is 9.90 Å². The average Bonchev–Trinajstić information content (AvgIpc) is 2.92.